The average molecular weight is 1200 g/mol. The Morgan fingerprint density at radius 1 is 0.578 bits per heavy atom. The number of nitrogens with zero attached hydrogens (tertiary/aromatic N) is 2. The number of hydrogen-bond acceptors (Lipinski definition) is 16. The summed E-state index contributed by atoms with van der Waals surface area (Å²) in [6, 6.07) is -5.60. The number of nitrogens with one attached hydrogen (secondary N) is 11. The minimum Gasteiger partial charge on any atom is -0.481 e. The third-order valence-corrected chi connectivity index (χ3v) is 14.6. The number of nitrogens with two attached hydrogens (primary N) is 2. The Morgan fingerprint density at radius 2 is 1.02 bits per heavy atom. The number of aliphatic carboxylic acids is 2. The number of benzene rings is 1. The minimum absolute atomic E-state index is 0.00340. The molecule has 0 bridgehead atoms. The fraction of sp³-hybridized carbons (Fsp3) is 0.528. The highest BCUT2D eigenvalue weighted by atomic mass is 32.2. The lowest BCUT2D eigenvalue weighted by Gasteiger charge is -2.28. The summed E-state index contributed by atoms with van der Waals surface area (Å²) < 4.78 is 0. The van der Waals surface area contributed by atoms with E-state index in [1.807, 2.05) is 30.5 Å². The highest BCUT2D eigenvalue weighted by Crippen LogP contribution is 2.19. The van der Waals surface area contributed by atoms with E-state index in [2.05, 4.69) is 67.5 Å². The van der Waals surface area contributed by atoms with Crippen LogP contribution >= 0.6 is 23.5 Å². The van der Waals surface area contributed by atoms with E-state index in [0.717, 1.165) is 16.5 Å². The van der Waals surface area contributed by atoms with Crippen molar-refractivity contribution in [1.29, 1.82) is 0 Å². The number of aromatic amines is 3. The number of primary amides is 1. The molecule has 4 aromatic rings. The molecule has 0 spiro atoms. The van der Waals surface area contributed by atoms with Gasteiger partial charge in [-0.3, -0.25) is 47.9 Å². The molecule has 0 radical (unpaired) electrons. The zero-order valence-electron chi connectivity index (χ0n) is 47.1. The van der Waals surface area contributed by atoms with Crippen LogP contribution in [0.15, 0.2) is 55.5 Å². The van der Waals surface area contributed by atoms with Crippen LogP contribution in [-0.2, 0) is 72.0 Å². The Kier molecular flexibility index (Phi) is 27.5. The predicted molar refractivity (Wildman–Crippen MR) is 309 cm³/mol. The predicted octanol–water partition coefficient (Wildman–Crippen LogP) is -1.12. The number of aromatic nitrogens is 5. The average Bonchev–Trinajstić information content (AvgIpc) is 4.32. The molecule has 4 rings (SSSR count). The first-order chi connectivity index (χ1) is 39.4. The molecule has 0 fully saturated rings. The second-order valence-corrected chi connectivity index (χ2v) is 22.3. The first-order valence-corrected chi connectivity index (χ1v) is 29.6. The van der Waals surface area contributed by atoms with Crippen molar-refractivity contribution in [3.63, 3.8) is 0 Å². The summed E-state index contributed by atoms with van der Waals surface area (Å²) in [5, 5.41) is 40.7. The van der Waals surface area contributed by atoms with Crippen molar-refractivity contribution in [1.82, 2.24) is 67.5 Å². The van der Waals surface area contributed by atoms with Gasteiger partial charge in [-0.1, -0.05) is 52.3 Å². The van der Waals surface area contributed by atoms with Gasteiger partial charge in [0.25, 0.3) is 0 Å². The maximum atomic E-state index is 14.5. The number of carbonyl (C=O) groups excluding carboxylic acids is 9. The van der Waals surface area contributed by atoms with Crippen LogP contribution in [0.1, 0.15) is 83.2 Å². The molecule has 0 saturated carbocycles. The minimum atomic E-state index is -1.84. The number of thioether (sulfide) groups is 2. The lowest BCUT2D eigenvalue weighted by Crippen LogP contribution is -2.61. The maximum Gasteiger partial charge on any atom is 0.326 e. The highest BCUT2D eigenvalue weighted by Gasteiger charge is 2.37. The molecule has 30 heteroatoms. The van der Waals surface area contributed by atoms with Gasteiger partial charge in [0.2, 0.25) is 53.2 Å². The molecule has 17 N–H and O–H groups in total. The van der Waals surface area contributed by atoms with Crippen molar-refractivity contribution >= 4 is 99.5 Å². The summed E-state index contributed by atoms with van der Waals surface area (Å²) in [6.07, 6.45) is 8.91. The van der Waals surface area contributed by atoms with Crippen LogP contribution in [0.4, 0.5) is 0 Å². The SMILES string of the molecule is CCC(C)C(NC(=O)C(CC(C)C)NC(=O)C(CC(=O)O)NC(=O)C(CCSC)NC(=O)C(CC(N)=O)NC(=O)C(Cc1cnc[nH]1)NC(=O)C(Cc1cnc[nH]1)NC(=O)C(CCSC)NC(=O)C(N)Cc1c[nH]c2ccccc12)C(=O)O. The number of carboxylic acids is 2. The number of hydrogen-bond donors (Lipinski definition) is 15. The smallest absolute Gasteiger partial charge is 0.326 e. The summed E-state index contributed by atoms with van der Waals surface area (Å²) in [5.41, 5.74) is 14.3. The number of H-pyrrole nitrogens is 3. The molecule has 3 heterocycles. The van der Waals surface area contributed by atoms with E-state index in [1.54, 1.807) is 40.1 Å². The fourth-order valence-electron chi connectivity index (χ4n) is 8.64. The van der Waals surface area contributed by atoms with E-state index in [9.17, 15) is 63.0 Å². The fourth-order valence-corrected chi connectivity index (χ4v) is 9.58. The Morgan fingerprint density at radius 3 is 1.48 bits per heavy atom. The molecule has 3 aromatic heterocycles. The van der Waals surface area contributed by atoms with E-state index < -0.39 is 138 Å². The van der Waals surface area contributed by atoms with Gasteiger partial charge in [0.05, 0.1) is 31.5 Å². The van der Waals surface area contributed by atoms with Gasteiger partial charge in [-0.05, 0) is 73.2 Å². The van der Waals surface area contributed by atoms with Crippen LogP contribution < -0.4 is 54.0 Å². The Balaban J connectivity index is 1.56. The molecule has 0 saturated heterocycles. The molecule has 1 aromatic carbocycles. The zero-order valence-corrected chi connectivity index (χ0v) is 48.7. The third-order valence-electron chi connectivity index (χ3n) is 13.3. The zero-order chi connectivity index (χ0) is 61.3. The maximum absolute atomic E-state index is 14.5. The topological polar surface area (TPSA) is 450 Å². The normalized spacial score (nSPS) is 14.9. The van der Waals surface area contributed by atoms with Crippen LogP contribution in [0.5, 0.6) is 0 Å². The molecule has 9 amide bonds. The standard InChI is InChI=1S/C53H77N15O13S2/c1-7-28(4)44(53(80)81)68-52(79)37(16-27(2)3)63-51(78)41(21-43(70)71)67-47(74)36(13-15-83-6)62-50(77)40(20-42(55)69)66-49(76)39(19-31-24-57-26-60-31)65-48(75)38(18-30-23-56-25-59-30)64-46(73)35(12-14-82-5)61-45(72)33(54)17-29-22-58-34-11-9-8-10-32(29)34/h8-11,22-28,33,35-41,44,58H,7,12-21,54H2,1-6H3,(H2,55,69)(H,56,59)(H,57,60)(H,61,72)(H,62,77)(H,63,78)(H,64,73)(H,65,75)(H,66,76)(H,67,74)(H,68,79)(H,70,71)(H,80,81). The summed E-state index contributed by atoms with van der Waals surface area (Å²) >= 11 is 2.67. The van der Waals surface area contributed by atoms with Gasteiger partial charge in [0.1, 0.15) is 48.3 Å². The van der Waals surface area contributed by atoms with Gasteiger partial charge in [0.15, 0.2) is 0 Å². The van der Waals surface area contributed by atoms with E-state index in [0.29, 0.717) is 23.6 Å². The first-order valence-electron chi connectivity index (χ1n) is 26.8. The number of imidazole rings is 2. The molecule has 83 heavy (non-hydrogen) atoms. The largest absolute Gasteiger partial charge is 0.481 e. The first kappa shape index (κ1) is 67.5. The van der Waals surface area contributed by atoms with Crippen LogP contribution in [0.3, 0.4) is 0 Å². The lowest BCUT2D eigenvalue weighted by molar-refractivity contribution is -0.144. The molecular formula is C53H77N15O13S2. The monoisotopic (exact) mass is 1200 g/mol. The van der Waals surface area contributed by atoms with Crippen LogP contribution in [-0.4, -0.2) is 179 Å². The van der Waals surface area contributed by atoms with E-state index >= 15 is 0 Å². The summed E-state index contributed by atoms with van der Waals surface area (Å²) in [5.74, 6) is -11.5. The van der Waals surface area contributed by atoms with Crippen molar-refractivity contribution in [3.8, 4) is 0 Å². The van der Waals surface area contributed by atoms with Gasteiger partial charge >= 0.3 is 11.9 Å². The molecule has 454 valence electrons. The summed E-state index contributed by atoms with van der Waals surface area (Å²) in [4.78, 5) is 166. The van der Waals surface area contributed by atoms with Gasteiger partial charge in [-0.2, -0.15) is 23.5 Å². The number of amides is 9. The summed E-state index contributed by atoms with van der Waals surface area (Å²) in [7, 11) is 0. The number of carbonyl (C=O) groups is 11. The highest BCUT2D eigenvalue weighted by molar-refractivity contribution is 7.98. The molecule has 0 aliphatic heterocycles. The van der Waals surface area contributed by atoms with Crippen molar-refractivity contribution in [2.24, 2.45) is 23.3 Å². The van der Waals surface area contributed by atoms with Crippen molar-refractivity contribution in [3.05, 3.63) is 72.5 Å². The van der Waals surface area contributed by atoms with Crippen LogP contribution in [0.25, 0.3) is 10.9 Å². The molecule has 10 unspecified atom stereocenters. The summed E-state index contributed by atoms with van der Waals surface area (Å²) in [6.45, 7) is 6.82. The van der Waals surface area contributed by atoms with Crippen molar-refractivity contribution < 1.29 is 63.0 Å². The van der Waals surface area contributed by atoms with Crippen LogP contribution in [0.2, 0.25) is 0 Å². The number of carboxylic acid groups (broad SMARTS) is 2. The molecule has 10 atom stereocenters. The van der Waals surface area contributed by atoms with Gasteiger partial charge < -0.3 is 79.2 Å². The van der Waals surface area contributed by atoms with Crippen molar-refractivity contribution in [2.45, 2.75) is 140 Å². The lowest BCUT2D eigenvalue weighted by atomic mass is 9.97. The van der Waals surface area contributed by atoms with E-state index in [-0.39, 0.29) is 50.2 Å². The van der Waals surface area contributed by atoms with Gasteiger partial charge in [-0.15, -0.1) is 0 Å². The Bertz CT molecular complexity index is 2830. The molecule has 28 nitrogen and oxygen atoms in total. The Hall–Kier alpha value is -7.99. The number of para-hydroxylation sites is 1. The second kappa shape index (κ2) is 33.8. The van der Waals surface area contributed by atoms with Crippen LogP contribution in [0, 0.1) is 11.8 Å². The van der Waals surface area contributed by atoms with E-state index in [1.165, 1.54) is 48.6 Å². The molecule has 0 aliphatic rings. The molecular weight excluding hydrogens is 1120 g/mol. The quantitative estimate of drug-likeness (QED) is 0.0254. The van der Waals surface area contributed by atoms with Crippen molar-refractivity contribution in [2.75, 3.05) is 24.0 Å². The number of fused-ring (bicyclic) bond motifs is 1. The van der Waals surface area contributed by atoms with E-state index in [4.69, 9.17) is 11.5 Å². The second-order valence-electron chi connectivity index (χ2n) is 20.3. The third kappa shape index (κ3) is 22.0. The van der Waals surface area contributed by atoms with Gasteiger partial charge in [0, 0.05) is 53.7 Å². The number of rotatable bonds is 37. The molecule has 0 aliphatic carbocycles. The Labute approximate surface area is 487 Å². The van der Waals surface area contributed by atoms with Gasteiger partial charge in [-0.25, -0.2) is 14.8 Å².